The average molecular weight is 304 g/mol. The van der Waals surface area contributed by atoms with Gasteiger partial charge in [-0.05, 0) is 44.7 Å². The number of carbonyl (C=O) groups excluding carboxylic acids is 2. The zero-order valence-corrected chi connectivity index (χ0v) is 14.8. The van der Waals surface area contributed by atoms with E-state index in [1.165, 1.54) is 16.7 Å². The lowest BCUT2D eigenvalue weighted by Gasteiger charge is -1.98. The van der Waals surface area contributed by atoms with Crippen molar-refractivity contribution in [2.24, 2.45) is 0 Å². The molecule has 0 bridgehead atoms. The number of aldehydes is 1. The quantitative estimate of drug-likeness (QED) is 0.377. The molecule has 0 saturated heterocycles. The van der Waals surface area contributed by atoms with E-state index < -0.39 is 0 Å². The van der Waals surface area contributed by atoms with E-state index in [0.29, 0.717) is 25.0 Å². The van der Waals surface area contributed by atoms with E-state index in [9.17, 15) is 9.59 Å². The summed E-state index contributed by atoms with van der Waals surface area (Å²) in [5, 5.41) is 0. The molecule has 0 aliphatic carbocycles. The molecule has 1 rings (SSSR count). The van der Waals surface area contributed by atoms with Crippen LogP contribution >= 0.6 is 0 Å². The van der Waals surface area contributed by atoms with Crippen LogP contribution in [-0.4, -0.2) is 12.1 Å². The largest absolute Gasteiger partial charge is 0.303 e. The van der Waals surface area contributed by atoms with Crippen molar-refractivity contribution in [2.45, 2.75) is 66.2 Å². The normalized spacial score (nSPS) is 8.91. The van der Waals surface area contributed by atoms with E-state index in [0.717, 1.165) is 25.5 Å². The van der Waals surface area contributed by atoms with Crippen LogP contribution in [0.4, 0.5) is 0 Å². The van der Waals surface area contributed by atoms with Gasteiger partial charge < -0.3 is 4.79 Å². The third kappa shape index (κ3) is 13.3. The number of rotatable bonds is 7. The molecule has 0 unspecified atom stereocenters. The van der Waals surface area contributed by atoms with Gasteiger partial charge in [-0.3, -0.25) is 4.79 Å². The minimum Gasteiger partial charge on any atom is -0.303 e. The molecule has 0 fully saturated rings. The molecule has 2 nitrogen and oxygen atoms in total. The van der Waals surface area contributed by atoms with Gasteiger partial charge in [0.15, 0.2) is 0 Å². The Morgan fingerprint density at radius 1 is 1.05 bits per heavy atom. The predicted octanol–water partition coefficient (Wildman–Crippen LogP) is 5.53. The minimum absolute atomic E-state index is 0.330. The van der Waals surface area contributed by atoms with Crippen LogP contribution in [0.1, 0.15) is 62.1 Å². The Hall–Kier alpha value is -1.70. The minimum atomic E-state index is 0.330. The lowest BCUT2D eigenvalue weighted by molar-refractivity contribution is -0.118. The smallest absolute Gasteiger partial charge is 0.132 e. The summed E-state index contributed by atoms with van der Waals surface area (Å²) in [7, 11) is 0. The standard InChI is InChI=1S/C9H16O2.C9H12.C2H4/c1-2-9(11)7-5-3-4-6-8-10;1-7-4-5-8(2)9(3)6-7;1-2/h8H,2-7H2,1H3;4-6H,1-3H3;1-2H2. The first kappa shape index (κ1) is 22.6. The first-order valence-corrected chi connectivity index (χ1v) is 8.00. The summed E-state index contributed by atoms with van der Waals surface area (Å²) in [6, 6.07) is 6.50. The Kier molecular flexibility index (Phi) is 16.1. The number of carbonyl (C=O) groups is 2. The van der Waals surface area contributed by atoms with E-state index in [1.807, 2.05) is 6.92 Å². The highest BCUT2D eigenvalue weighted by molar-refractivity contribution is 5.77. The third-order valence-corrected chi connectivity index (χ3v) is 3.33. The van der Waals surface area contributed by atoms with Crippen LogP contribution in [0.5, 0.6) is 0 Å². The number of Topliss-reactive ketones (excluding diaryl/α,β-unsaturated/α-hetero) is 1. The molecule has 0 aliphatic rings. The molecule has 124 valence electrons. The summed E-state index contributed by atoms with van der Waals surface area (Å²) in [6.07, 6.45) is 5.79. The first-order chi connectivity index (χ1) is 10.5. The molecular weight excluding hydrogens is 272 g/mol. The Labute approximate surface area is 136 Å². The van der Waals surface area contributed by atoms with Crippen molar-refractivity contribution in [3.8, 4) is 0 Å². The third-order valence-electron chi connectivity index (χ3n) is 3.33. The van der Waals surface area contributed by atoms with E-state index in [2.05, 4.69) is 52.1 Å². The average Bonchev–Trinajstić information content (AvgIpc) is 2.53. The van der Waals surface area contributed by atoms with Gasteiger partial charge in [0.1, 0.15) is 12.1 Å². The second-order valence-electron chi connectivity index (χ2n) is 5.25. The number of unbranched alkanes of at least 4 members (excludes halogenated alkanes) is 3. The van der Waals surface area contributed by atoms with Gasteiger partial charge in [0.25, 0.3) is 0 Å². The van der Waals surface area contributed by atoms with Crippen LogP contribution in [0.3, 0.4) is 0 Å². The summed E-state index contributed by atoms with van der Waals surface area (Å²) in [5.74, 6) is 0.330. The van der Waals surface area contributed by atoms with Gasteiger partial charge in [-0.2, -0.15) is 0 Å². The molecular formula is C20H32O2. The van der Waals surface area contributed by atoms with Crippen molar-refractivity contribution >= 4 is 12.1 Å². The van der Waals surface area contributed by atoms with Gasteiger partial charge >= 0.3 is 0 Å². The molecule has 0 N–H and O–H groups in total. The Bertz CT molecular complexity index is 422. The predicted molar refractivity (Wildman–Crippen MR) is 96.4 cm³/mol. The maximum absolute atomic E-state index is 10.8. The van der Waals surface area contributed by atoms with Crippen LogP contribution in [0.2, 0.25) is 0 Å². The first-order valence-electron chi connectivity index (χ1n) is 8.00. The van der Waals surface area contributed by atoms with Crippen molar-refractivity contribution in [3.05, 3.63) is 48.0 Å². The van der Waals surface area contributed by atoms with Gasteiger partial charge in [0.2, 0.25) is 0 Å². The molecule has 1 aromatic carbocycles. The summed E-state index contributed by atoms with van der Waals surface area (Å²) in [4.78, 5) is 20.7. The van der Waals surface area contributed by atoms with Gasteiger partial charge in [-0.25, -0.2) is 0 Å². The topological polar surface area (TPSA) is 34.1 Å². The molecule has 0 aliphatic heterocycles. The molecule has 2 heteroatoms. The van der Waals surface area contributed by atoms with Crippen LogP contribution < -0.4 is 0 Å². The number of hydrogen-bond acceptors (Lipinski definition) is 2. The Morgan fingerprint density at radius 2 is 1.68 bits per heavy atom. The van der Waals surface area contributed by atoms with Crippen LogP contribution in [-0.2, 0) is 9.59 Å². The molecule has 1 aromatic rings. The van der Waals surface area contributed by atoms with E-state index in [4.69, 9.17) is 0 Å². The van der Waals surface area contributed by atoms with Crippen LogP contribution in [0.25, 0.3) is 0 Å². The van der Waals surface area contributed by atoms with Crippen LogP contribution in [0, 0.1) is 20.8 Å². The summed E-state index contributed by atoms with van der Waals surface area (Å²) in [6.45, 7) is 14.3. The molecule has 22 heavy (non-hydrogen) atoms. The SMILES string of the molecule is C=C.CCC(=O)CCCCCC=O.Cc1ccc(C)c(C)c1. The van der Waals surface area contributed by atoms with Crippen molar-refractivity contribution in [3.63, 3.8) is 0 Å². The fourth-order valence-corrected chi connectivity index (χ4v) is 1.79. The highest BCUT2D eigenvalue weighted by atomic mass is 16.1. The molecule has 0 radical (unpaired) electrons. The van der Waals surface area contributed by atoms with Crippen molar-refractivity contribution in [2.75, 3.05) is 0 Å². The number of ketones is 1. The second-order valence-corrected chi connectivity index (χ2v) is 5.25. The van der Waals surface area contributed by atoms with Crippen molar-refractivity contribution < 1.29 is 9.59 Å². The molecule has 0 aromatic heterocycles. The van der Waals surface area contributed by atoms with E-state index in [1.54, 1.807) is 0 Å². The fourth-order valence-electron chi connectivity index (χ4n) is 1.79. The lowest BCUT2D eigenvalue weighted by atomic mass is 10.1. The molecule has 0 spiro atoms. The van der Waals surface area contributed by atoms with Gasteiger partial charge in [0.05, 0.1) is 0 Å². The zero-order valence-electron chi connectivity index (χ0n) is 14.8. The maximum atomic E-state index is 10.8. The second kappa shape index (κ2) is 15.7. The van der Waals surface area contributed by atoms with Gasteiger partial charge in [0, 0.05) is 19.3 Å². The Balaban J connectivity index is 0. The van der Waals surface area contributed by atoms with Crippen molar-refractivity contribution in [1.29, 1.82) is 0 Å². The number of aryl methyl sites for hydroxylation is 3. The highest BCUT2D eigenvalue weighted by Gasteiger charge is 1.96. The lowest BCUT2D eigenvalue weighted by Crippen LogP contribution is -1.94. The molecule has 0 atom stereocenters. The van der Waals surface area contributed by atoms with Gasteiger partial charge in [-0.1, -0.05) is 37.1 Å². The van der Waals surface area contributed by atoms with Crippen molar-refractivity contribution in [1.82, 2.24) is 0 Å². The summed E-state index contributed by atoms with van der Waals surface area (Å²) >= 11 is 0. The number of benzene rings is 1. The van der Waals surface area contributed by atoms with Crippen LogP contribution in [0.15, 0.2) is 31.4 Å². The zero-order chi connectivity index (χ0) is 17.4. The maximum Gasteiger partial charge on any atom is 0.132 e. The van der Waals surface area contributed by atoms with E-state index in [-0.39, 0.29) is 0 Å². The molecule has 0 saturated carbocycles. The highest BCUT2D eigenvalue weighted by Crippen LogP contribution is 2.07. The fraction of sp³-hybridized carbons (Fsp3) is 0.500. The summed E-state index contributed by atoms with van der Waals surface area (Å²) < 4.78 is 0. The Morgan fingerprint density at radius 3 is 2.14 bits per heavy atom. The molecule has 0 amide bonds. The molecule has 0 heterocycles. The van der Waals surface area contributed by atoms with Gasteiger partial charge in [-0.15, -0.1) is 13.2 Å². The summed E-state index contributed by atoms with van der Waals surface area (Å²) in [5.41, 5.74) is 4.11. The monoisotopic (exact) mass is 304 g/mol. The van der Waals surface area contributed by atoms with E-state index >= 15 is 0 Å². The number of hydrogen-bond donors (Lipinski definition) is 0.